The Morgan fingerprint density at radius 2 is 1.66 bits per heavy atom. The summed E-state index contributed by atoms with van der Waals surface area (Å²) < 4.78 is 32.2. The van der Waals surface area contributed by atoms with Crippen LogP contribution in [0.1, 0.15) is 6.92 Å². The lowest BCUT2D eigenvalue weighted by Gasteiger charge is -2.18. The minimum absolute atomic E-state index is 0.00335. The van der Waals surface area contributed by atoms with Crippen molar-refractivity contribution in [2.24, 2.45) is 0 Å². The van der Waals surface area contributed by atoms with Crippen LogP contribution in [0.3, 0.4) is 0 Å². The molecule has 0 bridgehead atoms. The highest BCUT2D eigenvalue weighted by atomic mass is 32.2. The van der Waals surface area contributed by atoms with Crippen molar-refractivity contribution in [1.82, 2.24) is 9.29 Å². The number of sulfonamides is 1. The molecule has 0 saturated carbocycles. The first-order valence-electron chi connectivity index (χ1n) is 9.57. The van der Waals surface area contributed by atoms with Gasteiger partial charge in [-0.2, -0.15) is 4.31 Å². The summed E-state index contributed by atoms with van der Waals surface area (Å²) in [5, 5.41) is 5.20. The van der Waals surface area contributed by atoms with Crippen molar-refractivity contribution in [3.8, 4) is 11.6 Å². The van der Waals surface area contributed by atoms with Crippen molar-refractivity contribution in [2.75, 3.05) is 24.2 Å². The van der Waals surface area contributed by atoms with E-state index in [1.807, 2.05) is 6.07 Å². The van der Waals surface area contributed by atoms with Crippen molar-refractivity contribution in [2.45, 2.75) is 11.8 Å². The molecule has 1 aromatic heterocycles. The van der Waals surface area contributed by atoms with Gasteiger partial charge in [0.2, 0.25) is 27.7 Å². The molecule has 0 radical (unpaired) electrons. The maximum Gasteiger partial charge on any atom is 0.243 e. The second kappa shape index (κ2) is 10.0. The van der Waals surface area contributed by atoms with Crippen molar-refractivity contribution >= 4 is 33.2 Å². The maximum absolute atomic E-state index is 12.8. The number of pyridine rings is 1. The number of nitrogens with one attached hydrogen (secondary N) is 2. The molecule has 1 heterocycles. The van der Waals surface area contributed by atoms with Crippen LogP contribution < -0.4 is 15.4 Å². The van der Waals surface area contributed by atoms with E-state index in [0.717, 1.165) is 4.31 Å². The minimum Gasteiger partial charge on any atom is -0.437 e. The Labute approximate surface area is 186 Å². The van der Waals surface area contributed by atoms with E-state index in [1.54, 1.807) is 36.4 Å². The van der Waals surface area contributed by atoms with Crippen LogP contribution in [0.25, 0.3) is 0 Å². The molecule has 0 aliphatic heterocycles. The summed E-state index contributed by atoms with van der Waals surface area (Å²) in [5.41, 5.74) is 0.784. The van der Waals surface area contributed by atoms with Crippen molar-refractivity contribution in [3.05, 3.63) is 72.9 Å². The van der Waals surface area contributed by atoms with Gasteiger partial charge in [-0.1, -0.05) is 18.2 Å². The number of carbonyl (C=O) groups is 2. The van der Waals surface area contributed by atoms with Gasteiger partial charge < -0.3 is 15.4 Å². The van der Waals surface area contributed by atoms with Gasteiger partial charge in [-0.3, -0.25) is 9.59 Å². The summed E-state index contributed by atoms with van der Waals surface area (Å²) in [6.07, 6.45) is 1.52. The molecule has 9 nitrogen and oxygen atoms in total. The average molecular weight is 455 g/mol. The molecule has 0 unspecified atom stereocenters. The fourth-order valence-corrected chi connectivity index (χ4v) is 3.86. The molecular formula is C22H22N4O5S. The van der Waals surface area contributed by atoms with Gasteiger partial charge in [-0.15, -0.1) is 0 Å². The Morgan fingerprint density at radius 3 is 2.31 bits per heavy atom. The first-order chi connectivity index (χ1) is 15.3. The number of likely N-dealkylation sites (N-methyl/N-ethyl adjacent to an activating group) is 1. The summed E-state index contributed by atoms with van der Waals surface area (Å²) >= 11 is 0. The van der Waals surface area contributed by atoms with E-state index in [0.29, 0.717) is 17.1 Å². The van der Waals surface area contributed by atoms with Gasteiger partial charge in [0.15, 0.2) is 0 Å². The predicted octanol–water partition coefficient (Wildman–Crippen LogP) is 3.09. The van der Waals surface area contributed by atoms with E-state index >= 15 is 0 Å². The fraction of sp³-hybridized carbons (Fsp3) is 0.136. The molecule has 2 aromatic carbocycles. The van der Waals surface area contributed by atoms with Gasteiger partial charge in [0.1, 0.15) is 11.4 Å². The van der Waals surface area contributed by atoms with Crippen LogP contribution in [0.5, 0.6) is 11.6 Å². The number of rotatable bonds is 8. The zero-order valence-electron chi connectivity index (χ0n) is 17.5. The van der Waals surface area contributed by atoms with E-state index in [-0.39, 0.29) is 16.7 Å². The SMILES string of the molecule is CC(=O)Nc1ccc(S(=O)(=O)N(C)CC(=O)Nc2cccnc2Oc2ccccc2)cc1. The monoisotopic (exact) mass is 454 g/mol. The molecule has 3 aromatic rings. The number of nitrogens with zero attached hydrogens (tertiary/aromatic N) is 2. The molecule has 10 heteroatoms. The summed E-state index contributed by atoms with van der Waals surface area (Å²) in [4.78, 5) is 27.8. The van der Waals surface area contributed by atoms with Gasteiger partial charge in [0.25, 0.3) is 0 Å². The Balaban J connectivity index is 1.67. The van der Waals surface area contributed by atoms with Crippen LogP contribution in [0.4, 0.5) is 11.4 Å². The number of aromatic nitrogens is 1. The maximum atomic E-state index is 12.8. The van der Waals surface area contributed by atoms with Crippen molar-refractivity contribution in [3.63, 3.8) is 0 Å². The number of para-hydroxylation sites is 1. The topological polar surface area (TPSA) is 118 Å². The molecule has 2 N–H and O–H groups in total. The molecule has 32 heavy (non-hydrogen) atoms. The second-order valence-electron chi connectivity index (χ2n) is 6.79. The Morgan fingerprint density at radius 1 is 0.969 bits per heavy atom. The molecular weight excluding hydrogens is 432 g/mol. The lowest BCUT2D eigenvalue weighted by molar-refractivity contribution is -0.116. The van der Waals surface area contributed by atoms with Crippen LogP contribution >= 0.6 is 0 Å². The molecule has 3 rings (SSSR count). The number of anilines is 2. The zero-order chi connectivity index (χ0) is 23.1. The van der Waals surface area contributed by atoms with E-state index in [2.05, 4.69) is 15.6 Å². The summed E-state index contributed by atoms with van der Waals surface area (Å²) in [6, 6.07) is 17.9. The third kappa shape index (κ3) is 5.90. The van der Waals surface area contributed by atoms with Crippen LogP contribution in [-0.2, 0) is 19.6 Å². The number of hydrogen-bond donors (Lipinski definition) is 2. The van der Waals surface area contributed by atoms with E-state index in [1.165, 1.54) is 44.4 Å². The third-order valence-electron chi connectivity index (χ3n) is 4.25. The molecule has 0 atom stereocenters. The summed E-state index contributed by atoms with van der Waals surface area (Å²) in [5.74, 6) is -0.0903. The Hall–Kier alpha value is -3.76. The van der Waals surface area contributed by atoms with Gasteiger partial charge in [-0.05, 0) is 48.5 Å². The van der Waals surface area contributed by atoms with Crippen molar-refractivity contribution in [1.29, 1.82) is 0 Å². The van der Waals surface area contributed by atoms with Crippen molar-refractivity contribution < 1.29 is 22.7 Å². The molecule has 166 valence electrons. The van der Waals surface area contributed by atoms with Crippen LogP contribution in [0.2, 0.25) is 0 Å². The molecule has 0 aliphatic rings. The molecule has 0 saturated heterocycles. The fourth-order valence-electron chi connectivity index (χ4n) is 2.74. The molecule has 0 aliphatic carbocycles. The van der Waals surface area contributed by atoms with E-state index in [9.17, 15) is 18.0 Å². The first-order valence-corrected chi connectivity index (χ1v) is 11.0. The van der Waals surface area contributed by atoms with Gasteiger partial charge >= 0.3 is 0 Å². The van der Waals surface area contributed by atoms with Crippen LogP contribution in [0.15, 0.2) is 77.8 Å². The van der Waals surface area contributed by atoms with E-state index in [4.69, 9.17) is 4.74 Å². The number of ether oxygens (including phenoxy) is 1. The largest absolute Gasteiger partial charge is 0.437 e. The average Bonchev–Trinajstić information content (AvgIpc) is 2.76. The number of amides is 2. The molecule has 0 fully saturated rings. The third-order valence-corrected chi connectivity index (χ3v) is 6.07. The zero-order valence-corrected chi connectivity index (χ0v) is 18.3. The Kier molecular flexibility index (Phi) is 7.18. The highest BCUT2D eigenvalue weighted by molar-refractivity contribution is 7.89. The minimum atomic E-state index is -3.92. The summed E-state index contributed by atoms with van der Waals surface area (Å²) in [7, 11) is -2.61. The van der Waals surface area contributed by atoms with Gasteiger partial charge in [0, 0.05) is 25.9 Å². The normalized spacial score (nSPS) is 11.1. The lowest BCUT2D eigenvalue weighted by Crippen LogP contribution is -2.35. The quantitative estimate of drug-likeness (QED) is 0.540. The first kappa shape index (κ1) is 22.9. The molecule has 2 amide bonds. The number of hydrogen-bond acceptors (Lipinski definition) is 6. The highest BCUT2D eigenvalue weighted by Crippen LogP contribution is 2.26. The smallest absolute Gasteiger partial charge is 0.243 e. The van der Waals surface area contributed by atoms with E-state index < -0.39 is 22.5 Å². The molecule has 0 spiro atoms. The van der Waals surface area contributed by atoms with Gasteiger partial charge in [-0.25, -0.2) is 13.4 Å². The predicted molar refractivity (Wildman–Crippen MR) is 120 cm³/mol. The van der Waals surface area contributed by atoms with Crippen LogP contribution in [0, 0.1) is 0 Å². The highest BCUT2D eigenvalue weighted by Gasteiger charge is 2.23. The number of carbonyl (C=O) groups excluding carboxylic acids is 2. The van der Waals surface area contributed by atoms with Crippen LogP contribution in [-0.4, -0.2) is 43.1 Å². The second-order valence-corrected chi connectivity index (χ2v) is 8.83. The Bertz CT molecular complexity index is 1200. The lowest BCUT2D eigenvalue weighted by atomic mass is 10.3. The summed E-state index contributed by atoms with van der Waals surface area (Å²) in [6.45, 7) is 0.936. The standard InChI is InChI=1S/C22H22N4O5S/c1-16(27)24-17-10-12-19(13-11-17)32(29,30)26(2)15-21(28)25-20-9-6-14-23-22(20)31-18-7-4-3-5-8-18/h3-14H,15H2,1-2H3,(H,24,27)(H,25,28). The number of benzene rings is 2. The van der Waals surface area contributed by atoms with Gasteiger partial charge in [0.05, 0.1) is 11.4 Å².